The first-order valence-corrected chi connectivity index (χ1v) is 7.38. The number of para-hydroxylation sites is 1. The Morgan fingerprint density at radius 3 is 2.62 bits per heavy atom. The lowest BCUT2D eigenvalue weighted by molar-refractivity contribution is -0.139. The lowest BCUT2D eigenvalue weighted by Gasteiger charge is -2.16. The number of carboxylic acids is 1. The van der Waals surface area contributed by atoms with Crippen molar-refractivity contribution in [2.24, 2.45) is 0 Å². The Kier molecular flexibility index (Phi) is 3.99. The van der Waals surface area contributed by atoms with Gasteiger partial charge in [-0.3, -0.25) is 14.9 Å². The van der Waals surface area contributed by atoms with E-state index in [0.29, 0.717) is 33.4 Å². The molecule has 2 aromatic heterocycles. The van der Waals surface area contributed by atoms with Crippen LogP contribution in [-0.2, 0) is 4.79 Å². The first-order valence-electron chi connectivity index (χ1n) is 7.38. The van der Waals surface area contributed by atoms with E-state index in [9.17, 15) is 14.7 Å². The van der Waals surface area contributed by atoms with Crippen LogP contribution in [0, 0.1) is 13.8 Å². The van der Waals surface area contributed by atoms with Crippen LogP contribution in [0.25, 0.3) is 10.9 Å². The first kappa shape index (κ1) is 15.7. The molecule has 7 nitrogen and oxygen atoms in total. The maximum atomic E-state index is 12.7. The van der Waals surface area contributed by atoms with Gasteiger partial charge in [0.2, 0.25) is 0 Å². The summed E-state index contributed by atoms with van der Waals surface area (Å²) >= 11 is 0. The van der Waals surface area contributed by atoms with Crippen LogP contribution in [-0.4, -0.2) is 32.2 Å². The smallest absolute Gasteiger partial charge is 0.331 e. The van der Waals surface area contributed by atoms with Gasteiger partial charge >= 0.3 is 5.97 Å². The molecule has 0 spiro atoms. The predicted octanol–water partition coefficient (Wildman–Crippen LogP) is 2.13. The average Bonchev–Trinajstić information content (AvgIpc) is 2.90. The van der Waals surface area contributed by atoms with E-state index in [4.69, 9.17) is 0 Å². The largest absolute Gasteiger partial charge is 0.479 e. The number of hydrogen-bond donors (Lipinski definition) is 3. The van der Waals surface area contributed by atoms with Crippen LogP contribution in [0.3, 0.4) is 0 Å². The van der Waals surface area contributed by atoms with Gasteiger partial charge in [0.25, 0.3) is 5.91 Å². The van der Waals surface area contributed by atoms with E-state index in [1.54, 1.807) is 38.1 Å². The Hall–Kier alpha value is -3.22. The molecule has 7 heteroatoms. The summed E-state index contributed by atoms with van der Waals surface area (Å²) in [6.07, 6.45) is 1.53. The summed E-state index contributed by atoms with van der Waals surface area (Å²) in [5.74, 6) is -1.62. The van der Waals surface area contributed by atoms with E-state index >= 15 is 0 Å². The van der Waals surface area contributed by atoms with Gasteiger partial charge in [-0.2, -0.15) is 5.10 Å². The number of pyridine rings is 1. The molecule has 3 aromatic rings. The molecule has 0 radical (unpaired) electrons. The third-order valence-electron chi connectivity index (χ3n) is 3.89. The Morgan fingerprint density at radius 1 is 1.21 bits per heavy atom. The molecule has 24 heavy (non-hydrogen) atoms. The highest BCUT2D eigenvalue weighted by Gasteiger charge is 2.28. The molecule has 0 fully saturated rings. The van der Waals surface area contributed by atoms with Gasteiger partial charge in [0.15, 0.2) is 6.04 Å². The van der Waals surface area contributed by atoms with Crippen molar-refractivity contribution in [3.63, 3.8) is 0 Å². The number of carboxylic acid groups (broad SMARTS) is 1. The van der Waals surface area contributed by atoms with Gasteiger partial charge in [-0.25, -0.2) is 4.79 Å². The van der Waals surface area contributed by atoms with E-state index in [2.05, 4.69) is 20.5 Å². The third-order valence-corrected chi connectivity index (χ3v) is 3.89. The number of amides is 1. The number of nitrogens with one attached hydrogen (secondary N) is 2. The van der Waals surface area contributed by atoms with Crippen molar-refractivity contribution in [3.05, 3.63) is 59.0 Å². The highest BCUT2D eigenvalue weighted by atomic mass is 16.4. The van der Waals surface area contributed by atoms with Gasteiger partial charge < -0.3 is 10.4 Å². The zero-order valence-corrected chi connectivity index (χ0v) is 13.2. The molecule has 122 valence electrons. The number of aromatic amines is 1. The molecule has 0 bridgehead atoms. The lowest BCUT2D eigenvalue weighted by Crippen LogP contribution is -2.34. The first-order chi connectivity index (χ1) is 11.5. The standard InChI is InChI=1S/C17H16N4O3/c1-9-14(10(2)21-20-9)15(17(23)24)19-16(22)12-7-8-18-13-6-4-3-5-11(12)13/h3-8,15H,1-2H3,(H,19,22)(H,20,21)(H,23,24)/t15-/m1/s1. The van der Waals surface area contributed by atoms with Gasteiger partial charge in [-0.15, -0.1) is 0 Å². The molecule has 3 rings (SSSR count). The van der Waals surface area contributed by atoms with Crippen LogP contribution in [0.5, 0.6) is 0 Å². The molecule has 0 aliphatic carbocycles. The van der Waals surface area contributed by atoms with Crippen molar-refractivity contribution in [1.29, 1.82) is 0 Å². The van der Waals surface area contributed by atoms with E-state index < -0.39 is 17.9 Å². The van der Waals surface area contributed by atoms with Crippen molar-refractivity contribution in [1.82, 2.24) is 20.5 Å². The van der Waals surface area contributed by atoms with E-state index in [-0.39, 0.29) is 0 Å². The van der Waals surface area contributed by atoms with E-state index in [1.807, 2.05) is 6.07 Å². The van der Waals surface area contributed by atoms with Crippen molar-refractivity contribution in [2.75, 3.05) is 0 Å². The van der Waals surface area contributed by atoms with E-state index in [1.165, 1.54) is 6.20 Å². The van der Waals surface area contributed by atoms with Crippen LogP contribution < -0.4 is 5.32 Å². The number of rotatable bonds is 4. The van der Waals surface area contributed by atoms with Gasteiger partial charge in [0.1, 0.15) is 0 Å². The molecule has 3 N–H and O–H groups in total. The fourth-order valence-corrected chi connectivity index (χ4v) is 2.74. The SMILES string of the molecule is Cc1n[nH]c(C)c1[C@@H](NC(=O)c1ccnc2ccccc12)C(=O)O. The van der Waals surface area contributed by atoms with Crippen LogP contribution >= 0.6 is 0 Å². The maximum Gasteiger partial charge on any atom is 0.331 e. The maximum absolute atomic E-state index is 12.7. The second kappa shape index (κ2) is 6.11. The predicted molar refractivity (Wildman–Crippen MR) is 87.6 cm³/mol. The summed E-state index contributed by atoms with van der Waals surface area (Å²) in [6.45, 7) is 3.42. The Bertz CT molecular complexity index is 908. The quantitative estimate of drug-likeness (QED) is 0.681. The summed E-state index contributed by atoms with van der Waals surface area (Å²) in [7, 11) is 0. The molecule has 0 unspecified atom stereocenters. The van der Waals surface area contributed by atoms with Crippen LogP contribution in [0.15, 0.2) is 36.5 Å². The van der Waals surface area contributed by atoms with Crippen molar-refractivity contribution in [2.45, 2.75) is 19.9 Å². The van der Waals surface area contributed by atoms with Crippen LogP contribution in [0.1, 0.15) is 33.4 Å². The molecule has 0 aliphatic heterocycles. The number of fused-ring (bicyclic) bond motifs is 1. The molecule has 0 aliphatic rings. The fraction of sp³-hybridized carbons (Fsp3) is 0.176. The van der Waals surface area contributed by atoms with Crippen molar-refractivity contribution in [3.8, 4) is 0 Å². The second-order valence-electron chi connectivity index (χ2n) is 5.47. The van der Waals surface area contributed by atoms with E-state index in [0.717, 1.165) is 0 Å². The monoisotopic (exact) mass is 324 g/mol. The van der Waals surface area contributed by atoms with Gasteiger partial charge in [0, 0.05) is 22.8 Å². The molecule has 2 heterocycles. The lowest BCUT2D eigenvalue weighted by atomic mass is 10.0. The number of H-pyrrole nitrogens is 1. The van der Waals surface area contributed by atoms with Crippen LogP contribution in [0.2, 0.25) is 0 Å². The number of carbonyl (C=O) groups excluding carboxylic acids is 1. The van der Waals surface area contributed by atoms with Gasteiger partial charge in [0.05, 0.1) is 16.8 Å². The minimum absolute atomic E-state index is 0.380. The summed E-state index contributed by atoms with van der Waals surface area (Å²) in [6, 6.07) is 7.61. The fourth-order valence-electron chi connectivity index (χ4n) is 2.74. The number of hydrogen-bond acceptors (Lipinski definition) is 4. The highest BCUT2D eigenvalue weighted by molar-refractivity contribution is 6.07. The number of aromatic nitrogens is 3. The normalized spacial score (nSPS) is 12.1. The van der Waals surface area contributed by atoms with Gasteiger partial charge in [-0.05, 0) is 26.0 Å². The Balaban J connectivity index is 1.99. The number of nitrogens with zero attached hydrogens (tertiary/aromatic N) is 2. The van der Waals surface area contributed by atoms with Crippen molar-refractivity contribution < 1.29 is 14.7 Å². The third kappa shape index (κ3) is 2.71. The average molecular weight is 324 g/mol. The van der Waals surface area contributed by atoms with Gasteiger partial charge in [-0.1, -0.05) is 18.2 Å². The van der Waals surface area contributed by atoms with Crippen LogP contribution in [0.4, 0.5) is 0 Å². The molecular formula is C17H16N4O3. The number of benzene rings is 1. The number of aliphatic carboxylic acids is 1. The minimum Gasteiger partial charge on any atom is -0.479 e. The Morgan fingerprint density at radius 2 is 1.96 bits per heavy atom. The second-order valence-corrected chi connectivity index (χ2v) is 5.47. The molecule has 0 saturated heterocycles. The molecule has 0 saturated carbocycles. The molecule has 1 aromatic carbocycles. The summed E-state index contributed by atoms with van der Waals surface area (Å²) in [4.78, 5) is 28.5. The zero-order chi connectivity index (χ0) is 17.3. The minimum atomic E-state index is -1.18. The topological polar surface area (TPSA) is 108 Å². The number of carbonyl (C=O) groups is 2. The zero-order valence-electron chi connectivity index (χ0n) is 13.2. The van der Waals surface area contributed by atoms with Crippen molar-refractivity contribution >= 4 is 22.8 Å². The Labute approximate surface area is 137 Å². The molecule has 1 atom stereocenters. The summed E-state index contributed by atoms with van der Waals surface area (Å²) in [5.41, 5.74) is 2.67. The highest BCUT2D eigenvalue weighted by Crippen LogP contribution is 2.22. The summed E-state index contributed by atoms with van der Waals surface area (Å²) in [5, 5.41) is 19.5. The molecule has 1 amide bonds. The molecular weight excluding hydrogens is 308 g/mol. The number of aryl methyl sites for hydroxylation is 2. The summed E-state index contributed by atoms with van der Waals surface area (Å²) < 4.78 is 0.